The van der Waals surface area contributed by atoms with Gasteiger partial charge in [-0.15, -0.1) is 5.06 Å². The van der Waals surface area contributed by atoms with Crippen LogP contribution in [0, 0.1) is 0 Å². The van der Waals surface area contributed by atoms with E-state index in [0.717, 1.165) is 0 Å². The smallest absolute Gasteiger partial charge is 0.327 e. The summed E-state index contributed by atoms with van der Waals surface area (Å²) >= 11 is 0. The van der Waals surface area contributed by atoms with Crippen LogP contribution in [0.1, 0.15) is 30.1 Å². The van der Waals surface area contributed by atoms with Crippen LogP contribution in [0.25, 0.3) is 0 Å². The SMILES string of the molecule is CCCC(=O)N(C=O)OC(=O)c1ccc(NC=O)c(NC=O)c1. The highest BCUT2D eigenvalue weighted by Crippen LogP contribution is 2.23. The molecule has 1 aromatic carbocycles. The summed E-state index contributed by atoms with van der Waals surface area (Å²) < 4.78 is 0. The molecule has 9 heteroatoms. The van der Waals surface area contributed by atoms with Gasteiger partial charge in [0.05, 0.1) is 16.9 Å². The molecule has 1 rings (SSSR count). The number of carbonyl (C=O) groups is 5. The van der Waals surface area contributed by atoms with Crippen LogP contribution >= 0.6 is 0 Å². The zero-order valence-corrected chi connectivity index (χ0v) is 12.3. The highest BCUT2D eigenvalue weighted by Gasteiger charge is 2.19. The minimum absolute atomic E-state index is 0.0260. The summed E-state index contributed by atoms with van der Waals surface area (Å²) in [6.07, 6.45) is 1.40. The Bertz CT molecular complexity index is 617. The van der Waals surface area contributed by atoms with Gasteiger partial charge in [-0.1, -0.05) is 6.92 Å². The quantitative estimate of drug-likeness (QED) is 0.536. The predicted octanol–water partition coefficient (Wildman–Crippen LogP) is 0.680. The van der Waals surface area contributed by atoms with E-state index >= 15 is 0 Å². The molecule has 0 unspecified atom stereocenters. The Morgan fingerprint density at radius 2 is 1.78 bits per heavy atom. The Kier molecular flexibility index (Phi) is 6.92. The lowest BCUT2D eigenvalue weighted by Crippen LogP contribution is -2.32. The van der Waals surface area contributed by atoms with Gasteiger partial charge in [-0.25, -0.2) is 4.79 Å². The maximum absolute atomic E-state index is 12.0. The first-order valence-electron chi connectivity index (χ1n) is 6.61. The van der Waals surface area contributed by atoms with Crippen LogP contribution < -0.4 is 10.6 Å². The first-order chi connectivity index (χ1) is 11.1. The molecule has 0 aliphatic heterocycles. The summed E-state index contributed by atoms with van der Waals surface area (Å²) in [6, 6.07) is 3.89. The van der Waals surface area contributed by atoms with Gasteiger partial charge < -0.3 is 15.5 Å². The molecular weight excluding hydrogens is 306 g/mol. The largest absolute Gasteiger partial charge is 0.363 e. The summed E-state index contributed by atoms with van der Waals surface area (Å²) in [5.74, 6) is -1.62. The zero-order chi connectivity index (χ0) is 17.2. The third-order valence-electron chi connectivity index (χ3n) is 2.67. The Balaban J connectivity index is 2.96. The van der Waals surface area contributed by atoms with Crippen molar-refractivity contribution in [3.8, 4) is 0 Å². The van der Waals surface area contributed by atoms with E-state index in [0.29, 0.717) is 24.3 Å². The van der Waals surface area contributed by atoms with Crippen LogP contribution in [-0.4, -0.2) is 36.2 Å². The maximum atomic E-state index is 12.0. The second kappa shape index (κ2) is 8.93. The molecule has 0 saturated carbocycles. The van der Waals surface area contributed by atoms with Gasteiger partial charge in [-0.3, -0.25) is 19.2 Å². The number of anilines is 2. The predicted molar refractivity (Wildman–Crippen MR) is 79.0 cm³/mol. The highest BCUT2D eigenvalue weighted by atomic mass is 16.7. The molecule has 9 nitrogen and oxygen atoms in total. The van der Waals surface area contributed by atoms with E-state index in [1.165, 1.54) is 18.2 Å². The molecule has 0 aromatic heterocycles. The van der Waals surface area contributed by atoms with Crippen molar-refractivity contribution in [1.82, 2.24) is 5.06 Å². The first kappa shape index (κ1) is 17.8. The fourth-order valence-electron chi connectivity index (χ4n) is 1.64. The number of hydrogen-bond donors (Lipinski definition) is 2. The van der Waals surface area contributed by atoms with Crippen molar-refractivity contribution >= 4 is 42.5 Å². The van der Waals surface area contributed by atoms with Crippen molar-refractivity contribution < 1.29 is 28.8 Å². The number of carbonyl (C=O) groups excluding carboxylic acids is 5. The zero-order valence-electron chi connectivity index (χ0n) is 12.3. The fraction of sp³-hybridized carbons (Fsp3) is 0.214. The number of benzene rings is 1. The topological polar surface area (TPSA) is 122 Å². The molecule has 0 atom stereocenters. The summed E-state index contributed by atoms with van der Waals surface area (Å²) in [4.78, 5) is 60.1. The molecule has 0 fully saturated rings. The van der Waals surface area contributed by atoms with Crippen LogP contribution in [0.5, 0.6) is 0 Å². The van der Waals surface area contributed by atoms with Crippen LogP contribution in [0.15, 0.2) is 18.2 Å². The molecule has 2 N–H and O–H groups in total. The average molecular weight is 321 g/mol. The number of nitrogens with one attached hydrogen (secondary N) is 2. The third kappa shape index (κ3) is 4.92. The van der Waals surface area contributed by atoms with E-state index in [1.807, 2.05) is 0 Å². The molecule has 0 heterocycles. The summed E-state index contributed by atoms with van der Waals surface area (Å²) in [5.41, 5.74) is 0.388. The van der Waals surface area contributed by atoms with Gasteiger partial charge in [0.25, 0.3) is 12.3 Å². The Labute approximate surface area is 131 Å². The van der Waals surface area contributed by atoms with Crippen LogP contribution in [0.4, 0.5) is 11.4 Å². The van der Waals surface area contributed by atoms with Gasteiger partial charge >= 0.3 is 5.97 Å². The normalized spacial score (nSPS) is 9.43. The molecule has 0 aliphatic carbocycles. The van der Waals surface area contributed by atoms with E-state index in [-0.39, 0.29) is 29.8 Å². The van der Waals surface area contributed by atoms with E-state index in [1.54, 1.807) is 6.92 Å². The number of imide groups is 1. The van der Waals surface area contributed by atoms with E-state index in [4.69, 9.17) is 4.84 Å². The standard InChI is InChI=1S/C14H15N3O6/c1-2-3-13(21)17(9-20)23-14(22)10-4-5-11(15-7-18)12(6-10)16-8-19/h4-9H,2-3H2,1H3,(H,15,18)(H,16,19). The summed E-state index contributed by atoms with van der Waals surface area (Å²) in [6.45, 7) is 1.73. The first-order valence-corrected chi connectivity index (χ1v) is 6.61. The Morgan fingerprint density at radius 3 is 2.35 bits per heavy atom. The van der Waals surface area contributed by atoms with E-state index < -0.39 is 11.9 Å². The molecule has 0 bridgehead atoms. The lowest BCUT2D eigenvalue weighted by molar-refractivity contribution is -0.171. The fourth-order valence-corrected chi connectivity index (χ4v) is 1.64. The van der Waals surface area contributed by atoms with E-state index in [2.05, 4.69) is 10.6 Å². The van der Waals surface area contributed by atoms with Gasteiger partial charge in [-0.2, -0.15) is 0 Å². The molecule has 1 aromatic rings. The monoisotopic (exact) mass is 321 g/mol. The van der Waals surface area contributed by atoms with E-state index in [9.17, 15) is 24.0 Å². The van der Waals surface area contributed by atoms with Crippen molar-refractivity contribution in [1.29, 1.82) is 0 Å². The van der Waals surface area contributed by atoms with Crippen molar-refractivity contribution in [2.45, 2.75) is 19.8 Å². The molecule has 0 spiro atoms. The average Bonchev–Trinajstić information content (AvgIpc) is 2.54. The maximum Gasteiger partial charge on any atom is 0.363 e. The molecule has 23 heavy (non-hydrogen) atoms. The molecule has 122 valence electrons. The van der Waals surface area contributed by atoms with Gasteiger partial charge in [-0.05, 0) is 24.6 Å². The summed E-state index contributed by atoms with van der Waals surface area (Å²) in [5, 5.41) is 4.96. The minimum Gasteiger partial charge on any atom is -0.327 e. The lowest BCUT2D eigenvalue weighted by Gasteiger charge is -2.14. The lowest BCUT2D eigenvalue weighted by atomic mass is 10.1. The second-order valence-corrected chi connectivity index (χ2v) is 4.24. The summed E-state index contributed by atoms with van der Waals surface area (Å²) in [7, 11) is 0. The van der Waals surface area contributed by atoms with Gasteiger partial charge in [0.2, 0.25) is 12.8 Å². The number of hydrogen-bond acceptors (Lipinski definition) is 6. The Hall–Kier alpha value is -3.23. The van der Waals surface area contributed by atoms with Crippen molar-refractivity contribution in [3.63, 3.8) is 0 Å². The molecule has 0 saturated heterocycles. The number of hydroxylamine groups is 2. The molecule has 4 amide bonds. The van der Waals surface area contributed by atoms with Gasteiger partial charge in [0.1, 0.15) is 0 Å². The van der Waals surface area contributed by atoms with Crippen LogP contribution in [0.2, 0.25) is 0 Å². The van der Waals surface area contributed by atoms with Crippen LogP contribution in [0.3, 0.4) is 0 Å². The van der Waals surface area contributed by atoms with Crippen molar-refractivity contribution in [2.24, 2.45) is 0 Å². The molecule has 0 radical (unpaired) electrons. The van der Waals surface area contributed by atoms with Crippen molar-refractivity contribution in [3.05, 3.63) is 23.8 Å². The molecular formula is C14H15N3O6. The van der Waals surface area contributed by atoms with Crippen molar-refractivity contribution in [2.75, 3.05) is 10.6 Å². The van der Waals surface area contributed by atoms with Gasteiger partial charge in [0, 0.05) is 6.42 Å². The van der Waals surface area contributed by atoms with Gasteiger partial charge in [0.15, 0.2) is 0 Å². The third-order valence-corrected chi connectivity index (χ3v) is 2.67. The second-order valence-electron chi connectivity index (χ2n) is 4.24. The minimum atomic E-state index is -0.965. The molecule has 0 aliphatic rings. The Morgan fingerprint density at radius 1 is 1.13 bits per heavy atom. The highest BCUT2D eigenvalue weighted by molar-refractivity contribution is 5.96. The number of amides is 4. The number of rotatable bonds is 8. The van der Waals surface area contributed by atoms with Crippen LogP contribution in [-0.2, 0) is 24.0 Å². The number of nitrogens with zero attached hydrogens (tertiary/aromatic N) is 1.